The van der Waals surface area contributed by atoms with Crippen LogP contribution in [0.2, 0.25) is 0 Å². The van der Waals surface area contributed by atoms with Crippen molar-refractivity contribution in [1.29, 1.82) is 0 Å². The van der Waals surface area contributed by atoms with Crippen LogP contribution < -0.4 is 4.74 Å². The molecule has 0 unspecified atom stereocenters. The normalized spacial score (nSPS) is 11.6. The molecule has 1 N–H and O–H groups in total. The van der Waals surface area contributed by atoms with Gasteiger partial charge in [0.25, 0.3) is 10.0 Å². The molecule has 136 valence electrons. The highest BCUT2D eigenvalue weighted by molar-refractivity contribution is 7.90. The lowest BCUT2D eigenvalue weighted by molar-refractivity contribution is -0.136. The molecule has 0 aliphatic carbocycles. The molecule has 0 spiro atoms. The number of ether oxygens (including phenoxy) is 1. The first-order valence-electron chi connectivity index (χ1n) is 7.74. The van der Waals surface area contributed by atoms with E-state index in [-0.39, 0.29) is 23.3 Å². The predicted octanol–water partition coefficient (Wildman–Crippen LogP) is 3.04. The molecule has 3 aromatic rings. The first-order chi connectivity index (χ1) is 12.3. The number of rotatable bonds is 6. The molecule has 2 aromatic carbocycles. The van der Waals surface area contributed by atoms with Gasteiger partial charge < -0.3 is 9.84 Å². The van der Waals surface area contributed by atoms with Gasteiger partial charge in [0, 0.05) is 18.0 Å². The number of aliphatic carboxylic acids is 1. The van der Waals surface area contributed by atoms with E-state index < -0.39 is 21.8 Å². The van der Waals surface area contributed by atoms with Crippen molar-refractivity contribution in [3.8, 4) is 5.75 Å². The van der Waals surface area contributed by atoms with Gasteiger partial charge in [-0.3, -0.25) is 4.79 Å². The summed E-state index contributed by atoms with van der Waals surface area (Å²) in [6.45, 7) is 0. The minimum Gasteiger partial charge on any atom is -0.497 e. The van der Waals surface area contributed by atoms with Crippen LogP contribution in [-0.4, -0.2) is 30.6 Å². The Balaban J connectivity index is 2.18. The number of benzene rings is 2. The van der Waals surface area contributed by atoms with Gasteiger partial charge in [0.1, 0.15) is 11.6 Å². The molecule has 0 bridgehead atoms. The van der Waals surface area contributed by atoms with E-state index in [0.29, 0.717) is 16.7 Å². The summed E-state index contributed by atoms with van der Waals surface area (Å²) in [6, 6.07) is 9.96. The number of hydrogen-bond acceptors (Lipinski definition) is 4. The highest BCUT2D eigenvalue weighted by Gasteiger charge is 2.23. The third-order valence-electron chi connectivity index (χ3n) is 4.05. The molecular formula is C18H16FNO5S. The van der Waals surface area contributed by atoms with Crippen LogP contribution in [0.15, 0.2) is 53.6 Å². The van der Waals surface area contributed by atoms with Crippen LogP contribution in [-0.2, 0) is 21.2 Å². The van der Waals surface area contributed by atoms with Crippen molar-refractivity contribution < 1.29 is 27.4 Å². The number of carboxylic acids is 1. The average molecular weight is 377 g/mol. The number of nitrogens with zero attached hydrogens (tertiary/aromatic N) is 1. The predicted molar refractivity (Wildman–Crippen MR) is 93.4 cm³/mol. The van der Waals surface area contributed by atoms with Gasteiger partial charge in [0.05, 0.1) is 17.5 Å². The van der Waals surface area contributed by atoms with Gasteiger partial charge in [-0.25, -0.2) is 16.8 Å². The second-order valence-electron chi connectivity index (χ2n) is 5.66. The molecule has 1 heterocycles. The van der Waals surface area contributed by atoms with E-state index in [1.165, 1.54) is 49.7 Å². The highest BCUT2D eigenvalue weighted by Crippen LogP contribution is 2.29. The summed E-state index contributed by atoms with van der Waals surface area (Å²) in [5, 5.41) is 9.26. The van der Waals surface area contributed by atoms with Crippen LogP contribution in [0.25, 0.3) is 10.9 Å². The largest absolute Gasteiger partial charge is 0.497 e. The molecule has 0 fully saturated rings. The Morgan fingerprint density at radius 3 is 2.50 bits per heavy atom. The molecule has 0 aliphatic heterocycles. The van der Waals surface area contributed by atoms with Gasteiger partial charge in [0.15, 0.2) is 0 Å². The van der Waals surface area contributed by atoms with E-state index in [2.05, 4.69) is 0 Å². The Morgan fingerprint density at radius 1 is 1.19 bits per heavy atom. The van der Waals surface area contributed by atoms with E-state index in [1.54, 1.807) is 6.07 Å². The second kappa shape index (κ2) is 6.80. The van der Waals surface area contributed by atoms with E-state index in [0.717, 1.165) is 3.97 Å². The van der Waals surface area contributed by atoms with Crippen molar-refractivity contribution in [3.63, 3.8) is 0 Å². The maximum atomic E-state index is 14.4. The maximum absolute atomic E-state index is 14.4. The van der Waals surface area contributed by atoms with Gasteiger partial charge in [0.2, 0.25) is 0 Å². The van der Waals surface area contributed by atoms with E-state index in [4.69, 9.17) is 9.84 Å². The minimum absolute atomic E-state index is 0.0248. The molecule has 3 rings (SSSR count). The summed E-state index contributed by atoms with van der Waals surface area (Å²) >= 11 is 0. The van der Waals surface area contributed by atoms with Gasteiger partial charge in [-0.1, -0.05) is 12.1 Å². The van der Waals surface area contributed by atoms with E-state index in [9.17, 15) is 17.6 Å². The summed E-state index contributed by atoms with van der Waals surface area (Å²) in [5.41, 5.74) is 0.364. The summed E-state index contributed by atoms with van der Waals surface area (Å²) in [4.78, 5) is 10.8. The number of methoxy groups -OCH3 is 1. The van der Waals surface area contributed by atoms with Crippen LogP contribution in [0.1, 0.15) is 12.0 Å². The molecule has 6 nitrogen and oxygen atoms in total. The number of fused-ring (bicyclic) bond motifs is 1. The number of carboxylic acid groups (broad SMARTS) is 1. The molecule has 1 aromatic heterocycles. The second-order valence-corrected chi connectivity index (χ2v) is 7.48. The van der Waals surface area contributed by atoms with Crippen molar-refractivity contribution in [2.24, 2.45) is 0 Å². The first-order valence-corrected chi connectivity index (χ1v) is 9.18. The van der Waals surface area contributed by atoms with Crippen molar-refractivity contribution in [1.82, 2.24) is 3.97 Å². The van der Waals surface area contributed by atoms with Crippen LogP contribution in [0.5, 0.6) is 5.75 Å². The average Bonchev–Trinajstić information content (AvgIpc) is 3.01. The zero-order chi connectivity index (χ0) is 18.9. The van der Waals surface area contributed by atoms with Crippen molar-refractivity contribution in [2.75, 3.05) is 7.11 Å². The Kier molecular flexibility index (Phi) is 4.69. The highest BCUT2D eigenvalue weighted by atomic mass is 32.2. The van der Waals surface area contributed by atoms with E-state index >= 15 is 0 Å². The van der Waals surface area contributed by atoms with Gasteiger partial charge in [-0.15, -0.1) is 0 Å². The Bertz CT molecular complexity index is 1070. The van der Waals surface area contributed by atoms with Crippen molar-refractivity contribution in [3.05, 3.63) is 60.0 Å². The standard InChI is InChI=1S/C18H16FNO5S/c1-25-13-6-8-14(9-7-13)26(23,24)20-11-12(5-10-17(21)22)15-3-2-4-16(19)18(15)20/h2-4,6-9,11H,5,10H2,1H3,(H,21,22). The van der Waals surface area contributed by atoms with Gasteiger partial charge in [-0.2, -0.15) is 0 Å². The summed E-state index contributed by atoms with van der Waals surface area (Å²) < 4.78 is 46.3. The fourth-order valence-corrected chi connectivity index (χ4v) is 4.16. The molecule has 0 atom stereocenters. The Labute approximate surface area is 149 Å². The zero-order valence-electron chi connectivity index (χ0n) is 13.8. The number of para-hydroxylation sites is 1. The van der Waals surface area contributed by atoms with Crippen LogP contribution in [0.4, 0.5) is 4.39 Å². The Hall–Kier alpha value is -2.87. The molecule has 0 amide bonds. The lowest BCUT2D eigenvalue weighted by atomic mass is 10.1. The lowest BCUT2D eigenvalue weighted by Gasteiger charge is -2.08. The van der Waals surface area contributed by atoms with Crippen LogP contribution >= 0.6 is 0 Å². The summed E-state index contributed by atoms with van der Waals surface area (Å²) in [5.74, 6) is -1.21. The minimum atomic E-state index is -4.06. The number of aromatic nitrogens is 1. The van der Waals surface area contributed by atoms with Crippen LogP contribution in [0, 0.1) is 5.82 Å². The van der Waals surface area contributed by atoms with Crippen molar-refractivity contribution >= 4 is 26.9 Å². The zero-order valence-corrected chi connectivity index (χ0v) is 14.7. The summed E-state index contributed by atoms with van der Waals surface area (Å²) in [7, 11) is -2.59. The molecule has 26 heavy (non-hydrogen) atoms. The van der Waals surface area contributed by atoms with Crippen molar-refractivity contribution in [2.45, 2.75) is 17.7 Å². The van der Waals surface area contributed by atoms with E-state index in [1.807, 2.05) is 0 Å². The third-order valence-corrected chi connectivity index (χ3v) is 5.72. The fraction of sp³-hybridized carbons (Fsp3) is 0.167. The topological polar surface area (TPSA) is 85.6 Å². The molecule has 0 saturated heterocycles. The van der Waals surface area contributed by atoms with Gasteiger partial charge >= 0.3 is 5.97 Å². The first kappa shape index (κ1) is 17.9. The third kappa shape index (κ3) is 3.15. The molecule has 0 radical (unpaired) electrons. The molecule has 8 heteroatoms. The maximum Gasteiger partial charge on any atom is 0.303 e. The number of aryl methyl sites for hydroxylation is 1. The number of halogens is 1. The molecular weight excluding hydrogens is 361 g/mol. The number of hydrogen-bond donors (Lipinski definition) is 1. The van der Waals surface area contributed by atoms with Gasteiger partial charge in [-0.05, 0) is 42.3 Å². The lowest BCUT2D eigenvalue weighted by Crippen LogP contribution is -2.12. The molecule has 0 aliphatic rings. The number of carbonyl (C=O) groups is 1. The smallest absolute Gasteiger partial charge is 0.303 e. The fourth-order valence-electron chi connectivity index (χ4n) is 2.77. The Morgan fingerprint density at radius 2 is 1.88 bits per heavy atom. The van der Waals surface area contributed by atoms with Crippen LogP contribution in [0.3, 0.4) is 0 Å². The quantitative estimate of drug-likeness (QED) is 0.714. The molecule has 0 saturated carbocycles. The SMILES string of the molecule is COc1ccc(S(=O)(=O)n2cc(CCC(=O)O)c3cccc(F)c32)cc1. The monoisotopic (exact) mass is 377 g/mol. The summed E-state index contributed by atoms with van der Waals surface area (Å²) in [6.07, 6.45) is 1.20.